The third-order valence-corrected chi connectivity index (χ3v) is 12.6. The van der Waals surface area contributed by atoms with Crippen molar-refractivity contribution in [3.8, 4) is 17.0 Å². The van der Waals surface area contributed by atoms with Crippen molar-refractivity contribution in [3.63, 3.8) is 0 Å². The quantitative estimate of drug-likeness (QED) is 0.210. The van der Waals surface area contributed by atoms with Gasteiger partial charge in [-0.3, -0.25) is 9.59 Å². The standard InChI is InChI=1S/C40H49N5O5S/c1-42(2)51(48,49)41-38(46)31-17-20-33-34(25-31)45(37(30-15-18-32(50-4)19-16-30)36(33)29-13-9-6-10-14-29)27-40(21-22-40)39(47)44-24-23-43(3)26-35(44)28-11-7-5-8-12-28/h5,7-8,11-12,15-20,25,29,35H,6,9-10,13-14,21-24,26-27H2,1-4H3,(H,41,46). The highest BCUT2D eigenvalue weighted by atomic mass is 32.2. The Morgan fingerprint density at radius 1 is 0.941 bits per heavy atom. The van der Waals surface area contributed by atoms with Gasteiger partial charge in [-0.2, -0.15) is 12.7 Å². The maximum absolute atomic E-state index is 14.9. The molecule has 0 spiro atoms. The molecule has 270 valence electrons. The molecule has 0 bridgehead atoms. The van der Waals surface area contributed by atoms with E-state index in [2.05, 4.69) is 50.4 Å². The van der Waals surface area contributed by atoms with Crippen molar-refractivity contribution < 1.29 is 22.7 Å². The molecule has 1 atom stereocenters. The Balaban J connectivity index is 1.37. The molecule has 3 aromatic carbocycles. The van der Waals surface area contributed by atoms with Gasteiger partial charge in [0.15, 0.2) is 0 Å². The van der Waals surface area contributed by atoms with E-state index in [0.717, 1.165) is 89.4 Å². The molecule has 2 amide bonds. The third kappa shape index (κ3) is 6.91. The van der Waals surface area contributed by atoms with Crippen LogP contribution in [0.5, 0.6) is 5.75 Å². The average molecular weight is 712 g/mol. The van der Waals surface area contributed by atoms with Crippen LogP contribution in [0.2, 0.25) is 0 Å². The summed E-state index contributed by atoms with van der Waals surface area (Å²) in [6.07, 6.45) is 7.20. The van der Waals surface area contributed by atoms with Crippen LogP contribution in [0.15, 0.2) is 72.8 Å². The zero-order valence-electron chi connectivity index (χ0n) is 30.1. The minimum absolute atomic E-state index is 0.0378. The summed E-state index contributed by atoms with van der Waals surface area (Å²) in [7, 11) is 2.55. The van der Waals surface area contributed by atoms with Gasteiger partial charge < -0.3 is 19.1 Å². The number of ether oxygens (including phenoxy) is 1. The normalized spacial score (nSPS) is 19.7. The van der Waals surface area contributed by atoms with E-state index in [-0.39, 0.29) is 17.5 Å². The van der Waals surface area contributed by atoms with Crippen LogP contribution in [0.1, 0.15) is 78.4 Å². The predicted molar refractivity (Wildman–Crippen MR) is 200 cm³/mol. The molecule has 7 rings (SSSR count). The van der Waals surface area contributed by atoms with Crippen LogP contribution in [0.4, 0.5) is 0 Å². The topological polar surface area (TPSA) is 104 Å². The maximum atomic E-state index is 14.9. The van der Waals surface area contributed by atoms with Gasteiger partial charge in [-0.15, -0.1) is 0 Å². The van der Waals surface area contributed by atoms with E-state index in [1.807, 2.05) is 42.5 Å². The smallest absolute Gasteiger partial charge is 0.303 e. The summed E-state index contributed by atoms with van der Waals surface area (Å²) in [5, 5.41) is 1.05. The van der Waals surface area contributed by atoms with Gasteiger partial charge in [0.2, 0.25) is 5.91 Å². The Morgan fingerprint density at radius 2 is 1.65 bits per heavy atom. The summed E-state index contributed by atoms with van der Waals surface area (Å²) in [5.74, 6) is 0.568. The number of likely N-dealkylation sites (N-methyl/N-ethyl adjacent to an activating group) is 1. The monoisotopic (exact) mass is 711 g/mol. The molecule has 3 fully saturated rings. The van der Waals surface area contributed by atoms with Gasteiger partial charge in [0.05, 0.1) is 24.3 Å². The summed E-state index contributed by atoms with van der Waals surface area (Å²) in [4.78, 5) is 32.7. The lowest BCUT2D eigenvalue weighted by molar-refractivity contribution is -0.142. The van der Waals surface area contributed by atoms with Gasteiger partial charge in [-0.1, -0.05) is 55.7 Å². The SMILES string of the molecule is COc1ccc(-c2c(C3CCCCC3)c3ccc(C(=O)NS(=O)(=O)N(C)C)cc3n2CC2(C(=O)N3CCN(C)CC3c3ccccc3)CC2)cc1. The van der Waals surface area contributed by atoms with Crippen LogP contribution in [0, 0.1) is 5.41 Å². The molecule has 1 unspecified atom stereocenters. The van der Waals surface area contributed by atoms with Crippen LogP contribution in [-0.4, -0.2) is 86.8 Å². The lowest BCUT2D eigenvalue weighted by Crippen LogP contribution is -2.52. The second kappa shape index (κ2) is 14.1. The number of methoxy groups -OCH3 is 1. The van der Waals surface area contributed by atoms with E-state index in [9.17, 15) is 18.0 Å². The van der Waals surface area contributed by atoms with Gasteiger partial charge in [0.1, 0.15) is 5.75 Å². The molecule has 1 aromatic heterocycles. The van der Waals surface area contributed by atoms with Crippen molar-refractivity contribution >= 4 is 32.9 Å². The number of carbonyl (C=O) groups excluding carboxylic acids is 2. The van der Waals surface area contributed by atoms with Crippen molar-refractivity contribution in [1.82, 2.24) is 23.4 Å². The fourth-order valence-corrected chi connectivity index (χ4v) is 8.67. The molecule has 51 heavy (non-hydrogen) atoms. The summed E-state index contributed by atoms with van der Waals surface area (Å²) < 4.78 is 36.3. The molecule has 1 N–H and O–H groups in total. The van der Waals surface area contributed by atoms with E-state index in [0.29, 0.717) is 19.0 Å². The second-order valence-electron chi connectivity index (χ2n) is 14.8. The van der Waals surface area contributed by atoms with Crippen LogP contribution < -0.4 is 9.46 Å². The predicted octanol–water partition coefficient (Wildman–Crippen LogP) is 6.20. The first-order chi connectivity index (χ1) is 24.5. The molecule has 4 aromatic rings. The van der Waals surface area contributed by atoms with Crippen LogP contribution >= 0.6 is 0 Å². The summed E-state index contributed by atoms with van der Waals surface area (Å²) >= 11 is 0. The number of aromatic nitrogens is 1. The molecule has 0 radical (unpaired) electrons. The molecule has 2 aliphatic carbocycles. The number of hydrogen-bond acceptors (Lipinski definition) is 6. The van der Waals surface area contributed by atoms with Crippen LogP contribution in [0.3, 0.4) is 0 Å². The fourth-order valence-electron chi connectivity index (χ4n) is 8.13. The lowest BCUT2D eigenvalue weighted by Gasteiger charge is -2.42. The Hall–Kier alpha value is -4.19. The number of carbonyl (C=O) groups is 2. The number of nitrogens with one attached hydrogen (secondary N) is 1. The fraction of sp³-hybridized carbons (Fsp3) is 0.450. The minimum atomic E-state index is -3.99. The summed E-state index contributed by atoms with van der Waals surface area (Å²) in [6, 6.07) is 23.9. The molecule has 3 aliphatic rings. The maximum Gasteiger partial charge on any atom is 0.303 e. The highest BCUT2D eigenvalue weighted by Gasteiger charge is 2.54. The van der Waals surface area contributed by atoms with Crippen LogP contribution in [-0.2, 0) is 21.5 Å². The number of piperazine rings is 1. The van der Waals surface area contributed by atoms with Crippen molar-refractivity contribution in [2.75, 3.05) is 47.9 Å². The van der Waals surface area contributed by atoms with Gasteiger partial charge in [-0.25, -0.2) is 4.72 Å². The van der Waals surface area contributed by atoms with E-state index in [1.165, 1.54) is 26.1 Å². The molecule has 2 heterocycles. The van der Waals surface area contributed by atoms with Gasteiger partial charge in [0, 0.05) is 56.7 Å². The Labute approximate surface area is 301 Å². The molecule has 1 saturated heterocycles. The molecule has 10 nitrogen and oxygen atoms in total. The Morgan fingerprint density at radius 3 is 2.29 bits per heavy atom. The molecule has 2 saturated carbocycles. The summed E-state index contributed by atoms with van der Waals surface area (Å²) in [5.41, 5.74) is 4.98. The zero-order chi connectivity index (χ0) is 35.9. The second-order valence-corrected chi connectivity index (χ2v) is 16.7. The summed E-state index contributed by atoms with van der Waals surface area (Å²) in [6.45, 7) is 2.71. The largest absolute Gasteiger partial charge is 0.497 e. The average Bonchev–Trinajstić information content (AvgIpc) is 3.87. The Kier molecular flexibility index (Phi) is 9.73. The van der Waals surface area contributed by atoms with Crippen LogP contribution in [0.25, 0.3) is 22.2 Å². The lowest BCUT2D eigenvalue weighted by atomic mass is 9.81. The molecule has 1 aliphatic heterocycles. The first kappa shape index (κ1) is 35.2. The molecular weight excluding hydrogens is 663 g/mol. The van der Waals surface area contributed by atoms with Crippen molar-refractivity contribution in [2.24, 2.45) is 5.41 Å². The first-order valence-electron chi connectivity index (χ1n) is 18.1. The van der Waals surface area contributed by atoms with Crippen molar-refractivity contribution in [3.05, 3.63) is 89.5 Å². The van der Waals surface area contributed by atoms with E-state index in [4.69, 9.17) is 4.74 Å². The van der Waals surface area contributed by atoms with Gasteiger partial charge in [-0.05, 0) is 91.7 Å². The van der Waals surface area contributed by atoms with Gasteiger partial charge in [0.25, 0.3) is 5.91 Å². The van der Waals surface area contributed by atoms with Gasteiger partial charge >= 0.3 is 10.2 Å². The van der Waals surface area contributed by atoms with E-state index < -0.39 is 21.5 Å². The number of hydrogen-bond donors (Lipinski definition) is 1. The first-order valence-corrected chi connectivity index (χ1v) is 19.5. The molecular formula is C40H49N5O5S. The highest BCUT2D eigenvalue weighted by molar-refractivity contribution is 7.87. The van der Waals surface area contributed by atoms with E-state index in [1.54, 1.807) is 13.2 Å². The zero-order valence-corrected chi connectivity index (χ0v) is 30.9. The number of rotatable bonds is 10. The third-order valence-electron chi connectivity index (χ3n) is 11.2. The number of fused-ring (bicyclic) bond motifs is 1. The number of nitrogens with zero attached hydrogens (tertiary/aromatic N) is 4. The number of benzene rings is 3. The van der Waals surface area contributed by atoms with Crippen molar-refractivity contribution in [1.29, 1.82) is 0 Å². The van der Waals surface area contributed by atoms with E-state index >= 15 is 0 Å². The minimum Gasteiger partial charge on any atom is -0.497 e. The Bertz CT molecular complexity index is 2020. The molecule has 11 heteroatoms. The highest BCUT2D eigenvalue weighted by Crippen LogP contribution is 2.53. The van der Waals surface area contributed by atoms with Crippen molar-refractivity contribution in [2.45, 2.75) is 63.5 Å². The number of amides is 2.